The Balaban J connectivity index is 1.51. The van der Waals surface area contributed by atoms with Crippen LogP contribution in [0.25, 0.3) is 10.8 Å². The van der Waals surface area contributed by atoms with Crippen molar-refractivity contribution in [2.75, 3.05) is 25.1 Å². The van der Waals surface area contributed by atoms with E-state index in [2.05, 4.69) is 16.7 Å². The van der Waals surface area contributed by atoms with Crippen LogP contribution in [-0.4, -0.2) is 36.7 Å². The number of fused-ring (bicyclic) bond motifs is 4. The van der Waals surface area contributed by atoms with Gasteiger partial charge < -0.3 is 25.0 Å². The lowest BCUT2D eigenvalue weighted by atomic mass is 9.97. The van der Waals surface area contributed by atoms with Crippen LogP contribution in [0, 0.1) is 0 Å². The van der Waals surface area contributed by atoms with E-state index >= 15 is 0 Å². The molecule has 7 nitrogen and oxygen atoms in total. The highest BCUT2D eigenvalue weighted by molar-refractivity contribution is 7.16. The summed E-state index contributed by atoms with van der Waals surface area (Å²) >= 11 is 1.54. The number of amides is 2. The minimum Gasteiger partial charge on any atom is -0.493 e. The molecule has 8 heteroatoms. The Morgan fingerprint density at radius 2 is 2.00 bits per heavy atom. The average molecular weight is 452 g/mol. The van der Waals surface area contributed by atoms with Crippen molar-refractivity contribution in [3.63, 3.8) is 0 Å². The second-order valence-electron chi connectivity index (χ2n) is 7.76. The lowest BCUT2D eigenvalue weighted by Gasteiger charge is -2.29. The van der Waals surface area contributed by atoms with Crippen LogP contribution in [-0.2, 0) is 17.7 Å². The molecule has 0 saturated heterocycles. The van der Waals surface area contributed by atoms with Gasteiger partial charge in [0.25, 0.3) is 5.91 Å². The number of nitrogens with zero attached hydrogens (tertiary/aromatic N) is 1. The molecule has 2 aliphatic rings. The van der Waals surface area contributed by atoms with E-state index in [-0.39, 0.29) is 12.0 Å². The van der Waals surface area contributed by atoms with E-state index in [9.17, 15) is 9.59 Å². The smallest absolute Gasteiger partial charge is 0.410 e. The zero-order valence-electron chi connectivity index (χ0n) is 18.1. The number of carbonyl (C=O) groups excluding carboxylic acids is 2. The molecule has 0 bridgehead atoms. The van der Waals surface area contributed by atoms with Crippen molar-refractivity contribution < 1.29 is 19.1 Å². The van der Waals surface area contributed by atoms with Gasteiger partial charge in [0.1, 0.15) is 16.9 Å². The van der Waals surface area contributed by atoms with E-state index in [0.717, 1.165) is 37.5 Å². The van der Waals surface area contributed by atoms with E-state index in [4.69, 9.17) is 9.47 Å². The first-order valence-electron chi connectivity index (χ1n) is 10.9. The van der Waals surface area contributed by atoms with Crippen molar-refractivity contribution in [2.24, 2.45) is 0 Å². The maximum Gasteiger partial charge on any atom is 0.410 e. The van der Waals surface area contributed by atoms with Crippen LogP contribution in [0.15, 0.2) is 36.4 Å². The first kappa shape index (κ1) is 20.6. The number of hydrogen-bond acceptors (Lipinski definition) is 6. The van der Waals surface area contributed by atoms with Crippen LogP contribution in [0.5, 0.6) is 5.75 Å². The second kappa shape index (κ2) is 8.35. The Morgan fingerprint density at radius 3 is 2.81 bits per heavy atom. The molecular formula is C24H25N3O4S. The fraction of sp³-hybridized carbons (Fsp3) is 0.333. The van der Waals surface area contributed by atoms with Crippen molar-refractivity contribution in [1.82, 2.24) is 10.2 Å². The second-order valence-corrected chi connectivity index (χ2v) is 8.87. The molecule has 3 aromatic rings. The summed E-state index contributed by atoms with van der Waals surface area (Å²) in [6, 6.07) is 12.1. The summed E-state index contributed by atoms with van der Waals surface area (Å²) in [5, 5.41) is 9.64. The lowest BCUT2D eigenvalue weighted by molar-refractivity contribution is 0.0934. The number of nitrogens with one attached hydrogen (secondary N) is 2. The van der Waals surface area contributed by atoms with E-state index in [1.54, 1.807) is 23.2 Å². The minimum atomic E-state index is -0.413. The normalized spacial score (nSPS) is 17.2. The summed E-state index contributed by atoms with van der Waals surface area (Å²) < 4.78 is 11.1. The molecule has 0 spiro atoms. The molecule has 2 aliphatic heterocycles. The van der Waals surface area contributed by atoms with Gasteiger partial charge in [-0.2, -0.15) is 0 Å². The van der Waals surface area contributed by atoms with E-state index in [0.29, 0.717) is 38.3 Å². The van der Waals surface area contributed by atoms with Gasteiger partial charge in [-0.15, -0.1) is 11.3 Å². The number of carbonyl (C=O) groups is 2. The zero-order chi connectivity index (χ0) is 22.2. The highest BCUT2D eigenvalue weighted by atomic mass is 32.1. The highest BCUT2D eigenvalue weighted by Gasteiger charge is 2.35. The molecule has 2 amide bonds. The summed E-state index contributed by atoms with van der Waals surface area (Å²) in [6.45, 7) is 5.64. The van der Waals surface area contributed by atoms with Crippen molar-refractivity contribution in [3.8, 4) is 5.75 Å². The van der Waals surface area contributed by atoms with Gasteiger partial charge in [-0.3, -0.25) is 4.79 Å². The Kier molecular flexibility index (Phi) is 5.38. The third-order valence-electron chi connectivity index (χ3n) is 5.88. The van der Waals surface area contributed by atoms with Crippen LogP contribution in [0.1, 0.15) is 46.4 Å². The van der Waals surface area contributed by atoms with E-state index < -0.39 is 6.17 Å². The molecule has 0 radical (unpaired) electrons. The summed E-state index contributed by atoms with van der Waals surface area (Å²) in [5.41, 5.74) is 2.64. The number of ether oxygens (including phenoxy) is 2. The molecule has 1 atom stereocenters. The minimum absolute atomic E-state index is 0.0961. The van der Waals surface area contributed by atoms with Gasteiger partial charge in [0.05, 0.1) is 25.3 Å². The van der Waals surface area contributed by atoms with Crippen LogP contribution in [0.2, 0.25) is 0 Å². The molecular weight excluding hydrogens is 426 g/mol. The maximum absolute atomic E-state index is 13.2. The topological polar surface area (TPSA) is 79.9 Å². The van der Waals surface area contributed by atoms with Crippen molar-refractivity contribution in [1.29, 1.82) is 0 Å². The van der Waals surface area contributed by atoms with E-state index in [1.807, 2.05) is 37.3 Å². The molecule has 0 aliphatic carbocycles. The van der Waals surface area contributed by atoms with E-state index in [1.165, 1.54) is 0 Å². The van der Waals surface area contributed by atoms with Gasteiger partial charge >= 0.3 is 6.09 Å². The zero-order valence-corrected chi connectivity index (χ0v) is 18.9. The first-order chi connectivity index (χ1) is 15.6. The lowest BCUT2D eigenvalue weighted by Crippen LogP contribution is -2.39. The number of anilines is 1. The monoisotopic (exact) mass is 451 g/mol. The summed E-state index contributed by atoms with van der Waals surface area (Å²) in [5.74, 6) is 0.656. The van der Waals surface area contributed by atoms with Crippen LogP contribution in [0.3, 0.4) is 0 Å². The summed E-state index contributed by atoms with van der Waals surface area (Å²) in [4.78, 5) is 28.1. The predicted octanol–water partition coefficient (Wildman–Crippen LogP) is 4.67. The van der Waals surface area contributed by atoms with Crippen molar-refractivity contribution >= 4 is 39.1 Å². The van der Waals surface area contributed by atoms with Gasteiger partial charge in [0, 0.05) is 17.0 Å². The molecule has 32 heavy (non-hydrogen) atoms. The molecule has 0 fully saturated rings. The number of hydrogen-bond donors (Lipinski definition) is 2. The Labute approximate surface area is 190 Å². The van der Waals surface area contributed by atoms with Crippen LogP contribution >= 0.6 is 11.3 Å². The van der Waals surface area contributed by atoms with Gasteiger partial charge in [-0.05, 0) is 42.7 Å². The average Bonchev–Trinajstić information content (AvgIpc) is 3.17. The molecule has 2 aromatic carbocycles. The first-order valence-corrected chi connectivity index (χ1v) is 11.7. The highest BCUT2D eigenvalue weighted by Crippen LogP contribution is 2.43. The Bertz CT molecular complexity index is 1210. The van der Waals surface area contributed by atoms with Gasteiger partial charge in [0.2, 0.25) is 0 Å². The largest absolute Gasteiger partial charge is 0.493 e. The Hall–Kier alpha value is -3.26. The van der Waals surface area contributed by atoms with Crippen LogP contribution in [0.4, 0.5) is 9.80 Å². The molecule has 0 saturated carbocycles. The molecule has 166 valence electrons. The van der Waals surface area contributed by atoms with Crippen molar-refractivity contribution in [2.45, 2.75) is 33.0 Å². The SMILES string of the molecule is CCOC(=O)N1CCc2c(sc3c2C(=O)N[C@@H](c2c(OCC)ccc4ccccc24)N3)C1. The third-order valence-corrected chi connectivity index (χ3v) is 7.03. The third kappa shape index (κ3) is 3.44. The van der Waals surface area contributed by atoms with Crippen molar-refractivity contribution in [3.05, 3.63) is 58.0 Å². The molecule has 0 unspecified atom stereocenters. The molecule has 1 aromatic heterocycles. The fourth-order valence-corrected chi connectivity index (χ4v) is 5.77. The van der Waals surface area contributed by atoms with Gasteiger partial charge in [0.15, 0.2) is 0 Å². The Morgan fingerprint density at radius 1 is 1.16 bits per heavy atom. The predicted molar refractivity (Wildman–Crippen MR) is 124 cm³/mol. The number of thiophene rings is 1. The fourth-order valence-electron chi connectivity index (χ4n) is 4.49. The summed E-state index contributed by atoms with van der Waals surface area (Å²) in [6.07, 6.45) is -0.0843. The van der Waals surface area contributed by atoms with Gasteiger partial charge in [-0.1, -0.05) is 30.3 Å². The molecule has 2 N–H and O–H groups in total. The standard InChI is InChI=1S/C24H25N3O4S/c1-3-30-17-10-9-14-7-5-6-8-15(14)19(17)21-25-22(28)20-16-11-12-27(24(29)31-4-2)13-18(16)32-23(20)26-21/h5-10,21,26H,3-4,11-13H2,1-2H3,(H,25,28)/t21-/m1/s1. The van der Waals surface area contributed by atoms with Gasteiger partial charge in [-0.25, -0.2) is 4.79 Å². The quantitative estimate of drug-likeness (QED) is 0.603. The molecule has 3 heterocycles. The summed E-state index contributed by atoms with van der Waals surface area (Å²) in [7, 11) is 0. The van der Waals surface area contributed by atoms with Crippen LogP contribution < -0.4 is 15.4 Å². The number of rotatable bonds is 4. The molecule has 5 rings (SSSR count). The maximum atomic E-state index is 13.2. The number of benzene rings is 2.